The Bertz CT molecular complexity index is 1210. The highest BCUT2D eigenvalue weighted by molar-refractivity contribution is 8.15. The van der Waals surface area contributed by atoms with Gasteiger partial charge in [-0.15, -0.1) is 0 Å². The van der Waals surface area contributed by atoms with Gasteiger partial charge in [0.25, 0.3) is 5.24 Å². The number of phenolic OH excluding ortho intramolecular Hbond substituents is 1. The Morgan fingerprint density at radius 2 is 1.83 bits per heavy atom. The van der Waals surface area contributed by atoms with Crippen molar-refractivity contribution in [2.45, 2.75) is 71.2 Å². The fourth-order valence-electron chi connectivity index (χ4n) is 4.91. The Morgan fingerprint density at radius 1 is 1.14 bits per heavy atom. The topological polar surface area (TPSA) is 102 Å². The van der Waals surface area contributed by atoms with Gasteiger partial charge in [0.05, 0.1) is 17.2 Å². The summed E-state index contributed by atoms with van der Waals surface area (Å²) in [6.45, 7) is 9.92. The Hall–Kier alpha value is -3.00. The first-order valence-corrected chi connectivity index (χ1v) is 13.2. The first-order valence-electron chi connectivity index (χ1n) is 12.3. The molecule has 2 amide bonds. The summed E-state index contributed by atoms with van der Waals surface area (Å²) in [6.07, 6.45) is 2.24. The lowest BCUT2D eigenvalue weighted by atomic mass is 9.80. The number of ketones is 1. The maximum absolute atomic E-state index is 13.4. The Morgan fingerprint density at radius 3 is 2.44 bits per heavy atom. The summed E-state index contributed by atoms with van der Waals surface area (Å²) in [4.78, 5) is 36.6. The molecule has 2 aliphatic rings. The molecule has 192 valence electrons. The molecule has 0 saturated carbocycles. The van der Waals surface area contributed by atoms with Crippen LogP contribution < -0.4 is 14.8 Å². The summed E-state index contributed by atoms with van der Waals surface area (Å²) in [7, 11) is 0. The van der Waals surface area contributed by atoms with Gasteiger partial charge in [-0.05, 0) is 68.4 Å². The van der Waals surface area contributed by atoms with Gasteiger partial charge in [0.2, 0.25) is 5.91 Å². The summed E-state index contributed by atoms with van der Waals surface area (Å²) in [5.74, 6) is 1.35. The van der Waals surface area contributed by atoms with Crippen molar-refractivity contribution in [3.8, 4) is 17.2 Å². The molecule has 1 saturated heterocycles. The van der Waals surface area contributed by atoms with Gasteiger partial charge >= 0.3 is 0 Å². The van der Waals surface area contributed by atoms with Crippen LogP contribution in [0.5, 0.6) is 17.2 Å². The van der Waals surface area contributed by atoms with Crippen LogP contribution >= 0.6 is 11.8 Å². The zero-order chi connectivity index (χ0) is 26.2. The third-order valence-corrected chi connectivity index (χ3v) is 8.31. The largest absolute Gasteiger partial charge is 0.507 e. The molecule has 2 aromatic carbocycles. The number of carbonyl (C=O) groups is 3. The molecule has 36 heavy (non-hydrogen) atoms. The molecule has 1 fully saturated rings. The van der Waals surface area contributed by atoms with Crippen LogP contribution in [0.15, 0.2) is 24.3 Å². The zero-order valence-corrected chi connectivity index (χ0v) is 22.2. The number of phenols is 1. The number of imide groups is 1. The SMILES string of the molecule is CCC(C)CC1(COc2ccc(CC3SC(=O)NC3=O)cc2)CC(=O)c2c(C)c(O)c(C)c(C)c2O1. The highest BCUT2D eigenvalue weighted by Crippen LogP contribution is 2.45. The molecule has 0 aromatic heterocycles. The van der Waals surface area contributed by atoms with Crippen LogP contribution in [-0.2, 0) is 11.2 Å². The summed E-state index contributed by atoms with van der Waals surface area (Å²) in [5.41, 5.74) is 2.61. The molecule has 2 aromatic rings. The molecular weight excluding hydrogens is 478 g/mol. The standard InChI is InChI=1S/C28H33NO6S/c1-6-15(2)12-28(13-21(30)23-18(5)24(31)16(3)17(4)25(23)35-28)14-34-20-9-7-19(8-10-20)11-22-26(32)29-27(33)36-22/h7-10,15,22,31H,6,11-14H2,1-5H3,(H,29,32,33). The summed E-state index contributed by atoms with van der Waals surface area (Å²) < 4.78 is 12.8. The number of ether oxygens (including phenoxy) is 2. The predicted molar refractivity (Wildman–Crippen MR) is 139 cm³/mol. The number of carbonyl (C=O) groups excluding carboxylic acids is 3. The van der Waals surface area contributed by atoms with Gasteiger partial charge in [0.15, 0.2) is 11.4 Å². The van der Waals surface area contributed by atoms with Crippen LogP contribution in [0, 0.1) is 26.7 Å². The molecular formula is C28H33NO6S. The lowest BCUT2D eigenvalue weighted by Gasteiger charge is -2.40. The van der Waals surface area contributed by atoms with Gasteiger partial charge in [0.1, 0.15) is 23.9 Å². The smallest absolute Gasteiger partial charge is 0.286 e. The van der Waals surface area contributed by atoms with E-state index in [1.54, 1.807) is 6.92 Å². The quantitative estimate of drug-likeness (QED) is 0.487. The van der Waals surface area contributed by atoms with E-state index in [-0.39, 0.29) is 35.7 Å². The first kappa shape index (κ1) is 26.1. The first-order chi connectivity index (χ1) is 17.0. The number of hydrogen-bond acceptors (Lipinski definition) is 7. The molecule has 3 unspecified atom stereocenters. The van der Waals surface area contributed by atoms with E-state index in [4.69, 9.17) is 9.47 Å². The van der Waals surface area contributed by atoms with Crippen molar-refractivity contribution in [1.82, 2.24) is 5.32 Å². The van der Waals surface area contributed by atoms with E-state index < -0.39 is 10.9 Å². The van der Waals surface area contributed by atoms with E-state index in [1.165, 1.54) is 0 Å². The molecule has 2 aliphatic heterocycles. The lowest BCUT2D eigenvalue weighted by Crippen LogP contribution is -2.48. The number of aromatic hydroxyl groups is 1. The maximum Gasteiger partial charge on any atom is 0.286 e. The number of nitrogens with one attached hydrogen (secondary N) is 1. The second-order valence-corrected chi connectivity index (χ2v) is 11.2. The maximum atomic E-state index is 13.4. The van der Waals surface area contributed by atoms with Crippen molar-refractivity contribution in [2.75, 3.05) is 6.61 Å². The van der Waals surface area contributed by atoms with Crippen molar-refractivity contribution in [3.63, 3.8) is 0 Å². The van der Waals surface area contributed by atoms with Crippen molar-refractivity contribution in [2.24, 2.45) is 5.92 Å². The normalized spacial score (nSPS) is 22.1. The van der Waals surface area contributed by atoms with Crippen LogP contribution in [0.25, 0.3) is 0 Å². The Labute approximate surface area is 215 Å². The molecule has 0 spiro atoms. The van der Waals surface area contributed by atoms with Crippen molar-refractivity contribution < 1.29 is 29.0 Å². The highest BCUT2D eigenvalue weighted by Gasteiger charge is 2.44. The third-order valence-electron chi connectivity index (χ3n) is 7.33. The minimum absolute atomic E-state index is 0.0451. The van der Waals surface area contributed by atoms with Crippen LogP contribution in [0.2, 0.25) is 0 Å². The van der Waals surface area contributed by atoms with E-state index in [2.05, 4.69) is 19.2 Å². The number of hydrogen-bond donors (Lipinski definition) is 2. The van der Waals surface area contributed by atoms with Crippen molar-refractivity contribution in [3.05, 3.63) is 52.1 Å². The highest BCUT2D eigenvalue weighted by atomic mass is 32.2. The summed E-state index contributed by atoms with van der Waals surface area (Å²) in [6, 6.07) is 7.44. The van der Waals surface area contributed by atoms with E-state index in [0.717, 1.165) is 29.3 Å². The fraction of sp³-hybridized carbons (Fsp3) is 0.464. The van der Waals surface area contributed by atoms with Gasteiger partial charge in [-0.2, -0.15) is 0 Å². The minimum atomic E-state index is -0.822. The van der Waals surface area contributed by atoms with E-state index >= 15 is 0 Å². The molecule has 4 rings (SSSR count). The molecule has 3 atom stereocenters. The fourth-order valence-corrected chi connectivity index (χ4v) is 5.77. The van der Waals surface area contributed by atoms with E-state index in [1.807, 2.05) is 38.1 Å². The molecule has 0 radical (unpaired) electrons. The Balaban J connectivity index is 1.54. The van der Waals surface area contributed by atoms with Gasteiger partial charge < -0.3 is 14.6 Å². The number of fused-ring (bicyclic) bond motifs is 1. The number of benzene rings is 2. The number of thioether (sulfide) groups is 1. The van der Waals surface area contributed by atoms with E-state index in [9.17, 15) is 19.5 Å². The summed E-state index contributed by atoms with van der Waals surface area (Å²) >= 11 is 1.01. The van der Waals surface area contributed by atoms with Gasteiger partial charge in [-0.3, -0.25) is 19.7 Å². The van der Waals surface area contributed by atoms with Crippen LogP contribution in [0.3, 0.4) is 0 Å². The van der Waals surface area contributed by atoms with Gasteiger partial charge in [0, 0.05) is 5.56 Å². The lowest BCUT2D eigenvalue weighted by molar-refractivity contribution is -0.118. The van der Waals surface area contributed by atoms with Gasteiger partial charge in [-0.25, -0.2) is 0 Å². The summed E-state index contributed by atoms with van der Waals surface area (Å²) in [5, 5.41) is 12.1. The average Bonchev–Trinajstić information content (AvgIpc) is 3.16. The molecule has 8 heteroatoms. The molecule has 0 bridgehead atoms. The van der Waals surface area contributed by atoms with Crippen LogP contribution in [0.4, 0.5) is 4.79 Å². The second-order valence-electron chi connectivity index (χ2n) is 10.1. The number of Topliss-reactive ketones (excluding diaryl/α,β-unsaturated/α-hetero) is 1. The minimum Gasteiger partial charge on any atom is -0.507 e. The third kappa shape index (κ3) is 5.09. The molecule has 2 N–H and O–H groups in total. The zero-order valence-electron chi connectivity index (χ0n) is 21.4. The van der Waals surface area contributed by atoms with Gasteiger partial charge in [-0.1, -0.05) is 44.2 Å². The average molecular weight is 512 g/mol. The molecule has 2 heterocycles. The van der Waals surface area contributed by atoms with Crippen molar-refractivity contribution >= 4 is 28.7 Å². The molecule has 7 nitrogen and oxygen atoms in total. The number of rotatable bonds is 8. The predicted octanol–water partition coefficient (Wildman–Crippen LogP) is 5.43. The van der Waals surface area contributed by atoms with Crippen LogP contribution in [-0.4, -0.2) is 39.5 Å². The molecule has 0 aliphatic carbocycles. The van der Waals surface area contributed by atoms with Crippen LogP contribution in [0.1, 0.15) is 65.7 Å². The van der Waals surface area contributed by atoms with E-state index in [0.29, 0.717) is 46.9 Å². The van der Waals surface area contributed by atoms with Crippen molar-refractivity contribution in [1.29, 1.82) is 0 Å². The Kier molecular flexibility index (Phi) is 7.36. The number of amides is 2. The monoisotopic (exact) mass is 511 g/mol. The second kappa shape index (κ2) is 10.2.